The van der Waals surface area contributed by atoms with Crippen molar-refractivity contribution in [3.05, 3.63) is 34.6 Å². The van der Waals surface area contributed by atoms with Gasteiger partial charge in [-0.2, -0.15) is 0 Å². The van der Waals surface area contributed by atoms with Crippen molar-refractivity contribution in [2.24, 2.45) is 0 Å². The molecule has 5 heteroatoms. The third-order valence-electron chi connectivity index (χ3n) is 2.80. The van der Waals surface area contributed by atoms with Crippen LogP contribution in [0.15, 0.2) is 18.2 Å². The van der Waals surface area contributed by atoms with Gasteiger partial charge in [0.2, 0.25) is 0 Å². The average molecular weight is 258 g/mol. The van der Waals surface area contributed by atoms with E-state index < -0.39 is 11.7 Å². The van der Waals surface area contributed by atoms with Crippen molar-refractivity contribution < 1.29 is 14.0 Å². The van der Waals surface area contributed by atoms with E-state index in [1.54, 1.807) is 0 Å². The lowest BCUT2D eigenvalue weighted by Gasteiger charge is -2.11. The van der Waals surface area contributed by atoms with Gasteiger partial charge in [0.1, 0.15) is 5.82 Å². The van der Waals surface area contributed by atoms with E-state index in [9.17, 15) is 9.18 Å². The molecule has 1 aromatic rings. The standard InChI is InChI=1S/C12H13ClFNO2/c13-10-7-8(5-6-11(10)14)12(16)15-17-9-3-1-2-4-9/h5-7,9H,1-4H2,(H,15,16). The maximum Gasteiger partial charge on any atom is 0.274 e. The third kappa shape index (κ3) is 3.17. The van der Waals surface area contributed by atoms with E-state index in [1.807, 2.05) is 0 Å². The van der Waals surface area contributed by atoms with E-state index in [0.29, 0.717) is 0 Å². The van der Waals surface area contributed by atoms with E-state index in [4.69, 9.17) is 16.4 Å². The molecule has 0 unspecified atom stereocenters. The smallest absolute Gasteiger partial charge is 0.270 e. The average Bonchev–Trinajstić information content (AvgIpc) is 2.82. The van der Waals surface area contributed by atoms with Crippen LogP contribution in [0.3, 0.4) is 0 Å². The fourth-order valence-electron chi connectivity index (χ4n) is 1.84. The number of hydrogen-bond donors (Lipinski definition) is 1. The van der Waals surface area contributed by atoms with Gasteiger partial charge in [-0.3, -0.25) is 9.63 Å². The van der Waals surface area contributed by atoms with Gasteiger partial charge in [0.05, 0.1) is 11.1 Å². The minimum atomic E-state index is -0.542. The van der Waals surface area contributed by atoms with Gasteiger partial charge in [0.25, 0.3) is 5.91 Å². The third-order valence-corrected chi connectivity index (χ3v) is 3.09. The Morgan fingerprint density at radius 3 is 2.76 bits per heavy atom. The van der Waals surface area contributed by atoms with E-state index in [2.05, 4.69) is 5.48 Å². The van der Waals surface area contributed by atoms with Crippen LogP contribution in [-0.4, -0.2) is 12.0 Å². The largest absolute Gasteiger partial charge is 0.274 e. The highest BCUT2D eigenvalue weighted by Gasteiger charge is 2.17. The predicted molar refractivity (Wildman–Crippen MR) is 62.2 cm³/mol. The van der Waals surface area contributed by atoms with Crippen LogP contribution < -0.4 is 5.48 Å². The zero-order chi connectivity index (χ0) is 12.3. The summed E-state index contributed by atoms with van der Waals surface area (Å²) in [6.07, 6.45) is 4.27. The Hall–Kier alpha value is -1.13. The molecule has 1 aliphatic rings. The second kappa shape index (κ2) is 5.47. The number of nitrogens with one attached hydrogen (secondary N) is 1. The lowest BCUT2D eigenvalue weighted by atomic mass is 10.2. The van der Waals surface area contributed by atoms with Crippen LogP contribution in [0.4, 0.5) is 4.39 Å². The van der Waals surface area contributed by atoms with Crippen LogP contribution in [0.1, 0.15) is 36.0 Å². The Morgan fingerprint density at radius 1 is 1.41 bits per heavy atom. The molecular formula is C12H13ClFNO2. The maximum absolute atomic E-state index is 12.9. The molecule has 1 saturated carbocycles. The Morgan fingerprint density at radius 2 is 2.12 bits per heavy atom. The highest BCUT2D eigenvalue weighted by atomic mass is 35.5. The molecule has 0 aliphatic heterocycles. The molecule has 1 aliphatic carbocycles. The fraction of sp³-hybridized carbons (Fsp3) is 0.417. The maximum atomic E-state index is 12.9. The molecule has 0 heterocycles. The first-order valence-electron chi connectivity index (χ1n) is 5.58. The molecule has 3 nitrogen and oxygen atoms in total. The van der Waals surface area contributed by atoms with Crippen LogP contribution in [0.2, 0.25) is 5.02 Å². The van der Waals surface area contributed by atoms with E-state index in [-0.39, 0.29) is 16.7 Å². The normalized spacial score (nSPS) is 16.1. The van der Waals surface area contributed by atoms with Crippen molar-refractivity contribution in [3.63, 3.8) is 0 Å². The molecular weight excluding hydrogens is 245 g/mol. The predicted octanol–water partition coefficient (Wildman–Crippen LogP) is 3.08. The van der Waals surface area contributed by atoms with Crippen LogP contribution in [0.5, 0.6) is 0 Å². The lowest BCUT2D eigenvalue weighted by Crippen LogP contribution is -2.28. The summed E-state index contributed by atoms with van der Waals surface area (Å²) in [5.41, 5.74) is 2.65. The molecule has 1 aromatic carbocycles. The van der Waals surface area contributed by atoms with E-state index in [1.165, 1.54) is 12.1 Å². The molecule has 0 bridgehead atoms. The van der Waals surface area contributed by atoms with Gasteiger partial charge < -0.3 is 0 Å². The van der Waals surface area contributed by atoms with Gasteiger partial charge in [-0.25, -0.2) is 9.87 Å². The molecule has 0 saturated heterocycles. The van der Waals surface area contributed by atoms with Gasteiger partial charge in [-0.1, -0.05) is 24.4 Å². The summed E-state index contributed by atoms with van der Waals surface area (Å²) in [6.45, 7) is 0. The molecule has 17 heavy (non-hydrogen) atoms. The molecule has 92 valence electrons. The van der Waals surface area contributed by atoms with Crippen molar-refractivity contribution >= 4 is 17.5 Å². The fourth-order valence-corrected chi connectivity index (χ4v) is 2.02. The molecule has 0 radical (unpaired) electrons. The summed E-state index contributed by atoms with van der Waals surface area (Å²) >= 11 is 5.59. The SMILES string of the molecule is O=C(NOC1CCCC1)c1ccc(F)c(Cl)c1. The second-order valence-electron chi connectivity index (χ2n) is 4.08. The number of hydrogen-bond acceptors (Lipinski definition) is 2. The molecule has 1 amide bonds. The van der Waals surface area contributed by atoms with Gasteiger partial charge in [0.15, 0.2) is 0 Å². The van der Waals surface area contributed by atoms with Crippen molar-refractivity contribution in [2.75, 3.05) is 0 Å². The first-order valence-corrected chi connectivity index (χ1v) is 5.95. The van der Waals surface area contributed by atoms with Gasteiger partial charge in [-0.05, 0) is 31.0 Å². The number of benzene rings is 1. The van der Waals surface area contributed by atoms with E-state index >= 15 is 0 Å². The number of halogens is 2. The number of rotatable bonds is 3. The molecule has 2 rings (SSSR count). The van der Waals surface area contributed by atoms with E-state index in [0.717, 1.165) is 31.7 Å². The Bertz CT molecular complexity index is 419. The van der Waals surface area contributed by atoms with Crippen LogP contribution >= 0.6 is 11.6 Å². The summed E-state index contributed by atoms with van der Waals surface area (Å²) in [5.74, 6) is -0.946. The monoisotopic (exact) mass is 257 g/mol. The quantitative estimate of drug-likeness (QED) is 0.845. The van der Waals surface area contributed by atoms with Crippen LogP contribution in [0, 0.1) is 5.82 Å². The molecule has 0 aromatic heterocycles. The number of amides is 1. The van der Waals surface area contributed by atoms with Gasteiger partial charge >= 0.3 is 0 Å². The molecule has 0 spiro atoms. The summed E-state index contributed by atoms with van der Waals surface area (Å²) in [6, 6.07) is 3.81. The molecule has 1 N–H and O–H groups in total. The highest BCUT2D eigenvalue weighted by molar-refractivity contribution is 6.31. The number of carbonyl (C=O) groups excluding carboxylic acids is 1. The lowest BCUT2D eigenvalue weighted by molar-refractivity contribution is -0.0124. The zero-order valence-corrected chi connectivity index (χ0v) is 9.97. The number of carbonyl (C=O) groups is 1. The van der Waals surface area contributed by atoms with Crippen molar-refractivity contribution in [1.82, 2.24) is 5.48 Å². The first kappa shape index (κ1) is 12.3. The first-order chi connectivity index (χ1) is 8.16. The topological polar surface area (TPSA) is 38.3 Å². The molecule has 0 atom stereocenters. The zero-order valence-electron chi connectivity index (χ0n) is 9.21. The molecule has 1 fully saturated rings. The van der Waals surface area contributed by atoms with Crippen molar-refractivity contribution in [1.29, 1.82) is 0 Å². The van der Waals surface area contributed by atoms with Gasteiger partial charge in [-0.15, -0.1) is 0 Å². The Kier molecular flexibility index (Phi) is 3.97. The summed E-state index contributed by atoms with van der Waals surface area (Å²) in [7, 11) is 0. The Labute approximate surface area is 104 Å². The van der Waals surface area contributed by atoms with Crippen molar-refractivity contribution in [3.8, 4) is 0 Å². The number of hydroxylamine groups is 1. The summed E-state index contributed by atoms with van der Waals surface area (Å²) in [5, 5.41) is -0.0708. The van der Waals surface area contributed by atoms with Crippen molar-refractivity contribution in [2.45, 2.75) is 31.8 Å². The van der Waals surface area contributed by atoms with Crippen LogP contribution in [0.25, 0.3) is 0 Å². The van der Waals surface area contributed by atoms with Crippen LogP contribution in [-0.2, 0) is 4.84 Å². The minimum absolute atomic E-state index is 0.0708. The highest BCUT2D eigenvalue weighted by Crippen LogP contribution is 2.20. The van der Waals surface area contributed by atoms with Gasteiger partial charge in [0, 0.05) is 5.56 Å². The summed E-state index contributed by atoms with van der Waals surface area (Å²) in [4.78, 5) is 16.9. The Balaban J connectivity index is 1.92. The summed E-state index contributed by atoms with van der Waals surface area (Å²) < 4.78 is 12.9. The minimum Gasteiger partial charge on any atom is -0.270 e. The second-order valence-corrected chi connectivity index (χ2v) is 4.49.